The summed E-state index contributed by atoms with van der Waals surface area (Å²) >= 11 is 1.42. The van der Waals surface area contributed by atoms with Gasteiger partial charge in [-0.1, -0.05) is 30.0 Å². The molecule has 2 aromatic heterocycles. The summed E-state index contributed by atoms with van der Waals surface area (Å²) in [6.45, 7) is 1.76. The molecule has 0 radical (unpaired) electrons. The Hall–Kier alpha value is -3.65. The number of carbonyl (C=O) groups excluding carboxylic acids is 2. The van der Waals surface area contributed by atoms with Crippen molar-refractivity contribution >= 4 is 40.2 Å². The predicted molar refractivity (Wildman–Crippen MR) is 115 cm³/mol. The van der Waals surface area contributed by atoms with E-state index in [0.717, 1.165) is 10.9 Å². The maximum absolute atomic E-state index is 13.0. The fourth-order valence-corrected chi connectivity index (χ4v) is 3.96. The van der Waals surface area contributed by atoms with Crippen LogP contribution in [0.2, 0.25) is 0 Å². The number of benzene rings is 2. The Labute approximate surface area is 176 Å². The van der Waals surface area contributed by atoms with E-state index in [0.29, 0.717) is 33.3 Å². The number of anilines is 1. The minimum Gasteiger partial charge on any atom is -0.451 e. The monoisotopic (exact) mass is 418 g/mol. The van der Waals surface area contributed by atoms with Gasteiger partial charge in [-0.15, -0.1) is 0 Å². The normalized spacial score (nSPS) is 10.8. The molecule has 0 fully saturated rings. The van der Waals surface area contributed by atoms with Crippen LogP contribution in [0.25, 0.3) is 11.0 Å². The van der Waals surface area contributed by atoms with Gasteiger partial charge in [-0.25, -0.2) is 9.97 Å². The highest BCUT2D eigenvalue weighted by atomic mass is 32.2. The number of nitrogens with two attached hydrogens (primary N) is 1. The zero-order valence-electron chi connectivity index (χ0n) is 16.1. The minimum atomic E-state index is -0.509. The molecule has 0 unspecified atom stereocenters. The summed E-state index contributed by atoms with van der Waals surface area (Å²) in [5.41, 5.74) is 8.39. The van der Waals surface area contributed by atoms with Crippen LogP contribution in [0.1, 0.15) is 32.0 Å². The molecule has 2 aromatic carbocycles. The molecule has 4 rings (SSSR count). The van der Waals surface area contributed by atoms with E-state index in [-0.39, 0.29) is 11.7 Å². The highest BCUT2D eigenvalue weighted by molar-refractivity contribution is 7.98. The Morgan fingerprint density at radius 1 is 1.10 bits per heavy atom. The smallest absolute Gasteiger partial charge is 0.291 e. The summed E-state index contributed by atoms with van der Waals surface area (Å²) in [5, 5.41) is 4.32. The van der Waals surface area contributed by atoms with Crippen molar-refractivity contribution in [1.82, 2.24) is 9.97 Å². The van der Waals surface area contributed by atoms with Gasteiger partial charge in [0.2, 0.25) is 5.91 Å². The lowest BCUT2D eigenvalue weighted by molar-refractivity contribution is 0.0992. The van der Waals surface area contributed by atoms with E-state index in [2.05, 4.69) is 15.3 Å². The average Bonchev–Trinajstić information content (AvgIpc) is 3.11. The van der Waals surface area contributed by atoms with E-state index in [1.807, 2.05) is 24.3 Å². The van der Waals surface area contributed by atoms with E-state index in [1.54, 1.807) is 43.6 Å². The number of primary amides is 1. The van der Waals surface area contributed by atoms with Gasteiger partial charge in [-0.05, 0) is 42.8 Å². The summed E-state index contributed by atoms with van der Waals surface area (Å²) in [5.74, 6) is -0.174. The second-order valence-electron chi connectivity index (χ2n) is 6.57. The highest BCUT2D eigenvalue weighted by Crippen LogP contribution is 2.31. The molecule has 0 bridgehead atoms. The highest BCUT2D eigenvalue weighted by Gasteiger charge is 2.21. The van der Waals surface area contributed by atoms with Crippen LogP contribution >= 0.6 is 11.8 Å². The Bertz CT molecular complexity index is 1240. The van der Waals surface area contributed by atoms with Crippen LogP contribution in [-0.2, 0) is 5.75 Å². The van der Waals surface area contributed by atoms with Crippen molar-refractivity contribution in [2.24, 2.45) is 5.73 Å². The molecule has 0 aliphatic rings. The summed E-state index contributed by atoms with van der Waals surface area (Å²) in [6, 6.07) is 14.2. The van der Waals surface area contributed by atoms with Crippen molar-refractivity contribution in [3.8, 4) is 0 Å². The van der Waals surface area contributed by atoms with Crippen molar-refractivity contribution in [2.75, 3.05) is 5.32 Å². The molecule has 30 heavy (non-hydrogen) atoms. The Morgan fingerprint density at radius 3 is 2.60 bits per heavy atom. The molecule has 150 valence electrons. The van der Waals surface area contributed by atoms with Crippen LogP contribution in [0.4, 0.5) is 5.69 Å². The fourth-order valence-electron chi connectivity index (χ4n) is 3.13. The maximum atomic E-state index is 13.0. The molecule has 0 aliphatic heterocycles. The quantitative estimate of drug-likeness (QED) is 0.359. The molecule has 0 aliphatic carbocycles. The molecular weight excluding hydrogens is 400 g/mol. The molecule has 4 aromatic rings. The van der Waals surface area contributed by atoms with Crippen LogP contribution in [0.5, 0.6) is 0 Å². The number of thioether (sulfide) groups is 1. The molecule has 8 heteroatoms. The number of fused-ring (bicyclic) bond motifs is 1. The van der Waals surface area contributed by atoms with Crippen LogP contribution in [0, 0.1) is 6.92 Å². The van der Waals surface area contributed by atoms with Crippen LogP contribution in [-0.4, -0.2) is 21.8 Å². The van der Waals surface area contributed by atoms with E-state index in [4.69, 9.17) is 10.2 Å². The van der Waals surface area contributed by atoms with Crippen LogP contribution < -0.4 is 11.1 Å². The number of para-hydroxylation sites is 1. The predicted octanol–water partition coefficient (Wildman–Crippen LogP) is 4.17. The topological polar surface area (TPSA) is 111 Å². The molecule has 2 amide bonds. The first kappa shape index (κ1) is 19.7. The van der Waals surface area contributed by atoms with E-state index >= 15 is 0 Å². The lowest BCUT2D eigenvalue weighted by Gasteiger charge is -2.08. The number of rotatable bonds is 6. The van der Waals surface area contributed by atoms with Gasteiger partial charge in [0, 0.05) is 40.3 Å². The maximum Gasteiger partial charge on any atom is 0.291 e. The largest absolute Gasteiger partial charge is 0.451 e. The third-order valence-corrected chi connectivity index (χ3v) is 5.44. The van der Waals surface area contributed by atoms with Crippen LogP contribution in [0.15, 0.2) is 70.5 Å². The molecule has 0 saturated carbocycles. The molecule has 0 saturated heterocycles. The zero-order valence-corrected chi connectivity index (χ0v) is 16.9. The van der Waals surface area contributed by atoms with Gasteiger partial charge in [0.1, 0.15) is 5.58 Å². The van der Waals surface area contributed by atoms with Gasteiger partial charge >= 0.3 is 0 Å². The second kappa shape index (κ2) is 8.38. The Kier molecular flexibility index (Phi) is 5.49. The molecule has 0 spiro atoms. The van der Waals surface area contributed by atoms with E-state index in [9.17, 15) is 9.59 Å². The van der Waals surface area contributed by atoms with Gasteiger partial charge in [0.05, 0.1) is 0 Å². The third-order valence-electron chi connectivity index (χ3n) is 4.54. The number of nitrogens with zero attached hydrogens (tertiary/aromatic N) is 2. The van der Waals surface area contributed by atoms with E-state index in [1.165, 1.54) is 11.8 Å². The lowest BCUT2D eigenvalue weighted by Crippen LogP contribution is -2.15. The number of aryl methyl sites for hydroxylation is 1. The molecule has 3 N–H and O–H groups in total. The number of amides is 2. The number of hydrogen-bond donors (Lipinski definition) is 2. The van der Waals surface area contributed by atoms with Crippen molar-refractivity contribution in [1.29, 1.82) is 0 Å². The Balaban J connectivity index is 1.63. The second-order valence-corrected chi connectivity index (χ2v) is 7.52. The van der Waals surface area contributed by atoms with E-state index < -0.39 is 5.91 Å². The molecule has 7 nitrogen and oxygen atoms in total. The van der Waals surface area contributed by atoms with Gasteiger partial charge in [-0.2, -0.15) is 0 Å². The summed E-state index contributed by atoms with van der Waals surface area (Å²) in [4.78, 5) is 32.9. The van der Waals surface area contributed by atoms with Crippen molar-refractivity contribution in [3.05, 3.63) is 83.4 Å². The SMILES string of the molecule is Cc1cc(NC(=O)c2oc3ccccc3c2CSc2ncccn2)ccc1C(N)=O. The molecular formula is C22H18N4O3S. The van der Waals surface area contributed by atoms with Gasteiger partial charge in [0.15, 0.2) is 10.9 Å². The summed E-state index contributed by atoms with van der Waals surface area (Å²) in [6.07, 6.45) is 3.35. The Morgan fingerprint density at radius 2 is 1.87 bits per heavy atom. The van der Waals surface area contributed by atoms with Crippen molar-refractivity contribution in [3.63, 3.8) is 0 Å². The summed E-state index contributed by atoms with van der Waals surface area (Å²) in [7, 11) is 0. The van der Waals surface area contributed by atoms with Gasteiger partial charge in [-0.3, -0.25) is 9.59 Å². The lowest BCUT2D eigenvalue weighted by atomic mass is 10.1. The standard InChI is InChI=1S/C22H18N4O3S/c1-13-11-14(7-8-15(13)20(23)27)26-21(28)19-17(12-30-22-24-9-4-10-25-22)16-5-2-3-6-18(16)29-19/h2-11H,12H2,1H3,(H2,23,27)(H,26,28). The molecule has 2 heterocycles. The van der Waals surface area contributed by atoms with Crippen molar-refractivity contribution in [2.45, 2.75) is 17.8 Å². The number of carbonyl (C=O) groups is 2. The van der Waals surface area contributed by atoms with Gasteiger partial charge in [0.25, 0.3) is 5.91 Å². The molecule has 0 atom stereocenters. The third kappa shape index (κ3) is 4.04. The average molecular weight is 418 g/mol. The van der Waals surface area contributed by atoms with Crippen LogP contribution in [0.3, 0.4) is 0 Å². The number of hydrogen-bond acceptors (Lipinski definition) is 6. The van der Waals surface area contributed by atoms with Crippen molar-refractivity contribution < 1.29 is 14.0 Å². The van der Waals surface area contributed by atoms with Gasteiger partial charge < -0.3 is 15.5 Å². The minimum absolute atomic E-state index is 0.233. The number of nitrogens with one attached hydrogen (secondary N) is 1. The number of aromatic nitrogens is 2. The first-order valence-corrected chi connectivity index (χ1v) is 10.1. The first-order chi connectivity index (χ1) is 14.5. The first-order valence-electron chi connectivity index (χ1n) is 9.15. The zero-order chi connectivity index (χ0) is 21.1. The fraction of sp³-hybridized carbons (Fsp3) is 0.0909. The summed E-state index contributed by atoms with van der Waals surface area (Å²) < 4.78 is 5.87. The number of furan rings is 1.